The zero-order chi connectivity index (χ0) is 13.8. The highest BCUT2D eigenvalue weighted by atomic mass is 35.5. The van der Waals surface area contributed by atoms with Gasteiger partial charge in [-0.15, -0.1) is 0 Å². The van der Waals surface area contributed by atoms with E-state index in [0.29, 0.717) is 6.04 Å². The van der Waals surface area contributed by atoms with Gasteiger partial charge in [0.1, 0.15) is 0 Å². The number of hydrogen-bond acceptors (Lipinski definition) is 3. The third-order valence-corrected chi connectivity index (χ3v) is 4.53. The number of aromatic nitrogens is 2. The molecule has 5 heteroatoms. The summed E-state index contributed by atoms with van der Waals surface area (Å²) in [6, 6.07) is 0.587. The van der Waals surface area contributed by atoms with Gasteiger partial charge in [-0.05, 0) is 26.7 Å². The highest BCUT2D eigenvalue weighted by Crippen LogP contribution is 2.27. The highest BCUT2D eigenvalue weighted by Gasteiger charge is 2.24. The van der Waals surface area contributed by atoms with Crippen molar-refractivity contribution in [3.8, 4) is 0 Å². The predicted octanol–water partition coefficient (Wildman–Crippen LogP) is 2.60. The summed E-state index contributed by atoms with van der Waals surface area (Å²) in [4.78, 5) is 2.36. The summed E-state index contributed by atoms with van der Waals surface area (Å²) in [6.45, 7) is 6.57. The molecule has 1 heterocycles. The van der Waals surface area contributed by atoms with Crippen LogP contribution in [0.4, 0.5) is 0 Å². The van der Waals surface area contributed by atoms with Crippen LogP contribution in [0.1, 0.15) is 44.0 Å². The number of hydrogen-bond donors (Lipinski definition) is 1. The van der Waals surface area contributed by atoms with Crippen LogP contribution in [-0.4, -0.2) is 39.0 Å². The molecule has 1 N–H and O–H groups in total. The van der Waals surface area contributed by atoms with Gasteiger partial charge in [-0.2, -0.15) is 5.10 Å². The van der Waals surface area contributed by atoms with E-state index in [1.54, 1.807) is 0 Å². The van der Waals surface area contributed by atoms with Crippen molar-refractivity contribution >= 4 is 11.6 Å². The molecule has 0 unspecified atom stereocenters. The van der Waals surface area contributed by atoms with Gasteiger partial charge in [-0.1, -0.05) is 24.4 Å². The van der Waals surface area contributed by atoms with Crippen LogP contribution in [0.3, 0.4) is 0 Å². The minimum absolute atomic E-state index is 0.202. The molecule has 0 aliphatic heterocycles. The predicted molar refractivity (Wildman–Crippen MR) is 77.4 cm³/mol. The quantitative estimate of drug-likeness (QED) is 0.873. The maximum absolute atomic E-state index is 9.28. The molecule has 0 spiro atoms. The molecule has 0 saturated heterocycles. The Bertz CT molecular complexity index is 413. The van der Waals surface area contributed by atoms with Crippen molar-refractivity contribution in [3.05, 3.63) is 16.4 Å². The largest absolute Gasteiger partial charge is 0.395 e. The van der Waals surface area contributed by atoms with E-state index in [4.69, 9.17) is 11.6 Å². The van der Waals surface area contributed by atoms with Crippen LogP contribution < -0.4 is 0 Å². The van der Waals surface area contributed by atoms with Gasteiger partial charge in [0.05, 0.1) is 23.0 Å². The average molecular weight is 286 g/mol. The molecule has 108 valence electrons. The smallest absolute Gasteiger partial charge is 0.0860 e. The molecule has 0 aromatic carbocycles. The summed E-state index contributed by atoms with van der Waals surface area (Å²) in [5.74, 6) is 0. The van der Waals surface area contributed by atoms with E-state index in [9.17, 15) is 5.11 Å². The van der Waals surface area contributed by atoms with E-state index in [0.717, 1.165) is 36.0 Å². The summed E-state index contributed by atoms with van der Waals surface area (Å²) in [7, 11) is 0. The summed E-state index contributed by atoms with van der Waals surface area (Å²) in [6.07, 6.45) is 5.06. The number of aliphatic hydroxyl groups is 1. The maximum atomic E-state index is 9.28. The molecule has 1 fully saturated rings. The molecule has 1 aromatic heterocycles. The zero-order valence-corrected chi connectivity index (χ0v) is 12.7. The lowest BCUT2D eigenvalue weighted by molar-refractivity contribution is 0.141. The van der Waals surface area contributed by atoms with Gasteiger partial charge >= 0.3 is 0 Å². The normalized spacial score (nSPS) is 16.7. The maximum Gasteiger partial charge on any atom is 0.0860 e. The van der Waals surface area contributed by atoms with Gasteiger partial charge in [0.25, 0.3) is 0 Å². The van der Waals surface area contributed by atoms with E-state index < -0.39 is 0 Å². The van der Waals surface area contributed by atoms with Crippen molar-refractivity contribution in [1.29, 1.82) is 0 Å². The first-order valence-corrected chi connectivity index (χ1v) is 7.61. The molecule has 19 heavy (non-hydrogen) atoms. The fourth-order valence-corrected chi connectivity index (χ4v) is 3.20. The first-order valence-electron chi connectivity index (χ1n) is 7.24. The summed E-state index contributed by atoms with van der Waals surface area (Å²) in [5.41, 5.74) is 1.98. The fourth-order valence-electron chi connectivity index (χ4n) is 3.00. The van der Waals surface area contributed by atoms with Crippen molar-refractivity contribution in [1.82, 2.24) is 14.7 Å². The minimum Gasteiger partial charge on any atom is -0.395 e. The number of aliphatic hydroxyl groups excluding tert-OH is 1. The molecule has 1 aliphatic rings. The average Bonchev–Trinajstić information content (AvgIpc) is 3.01. The molecule has 0 atom stereocenters. The van der Waals surface area contributed by atoms with Gasteiger partial charge in [0, 0.05) is 25.7 Å². The third kappa shape index (κ3) is 3.30. The third-order valence-electron chi connectivity index (χ3n) is 4.03. The van der Waals surface area contributed by atoms with Crippen LogP contribution in [0.15, 0.2) is 0 Å². The Hall–Kier alpha value is -0.580. The second-order valence-electron chi connectivity index (χ2n) is 5.29. The van der Waals surface area contributed by atoms with E-state index >= 15 is 0 Å². The summed E-state index contributed by atoms with van der Waals surface area (Å²) >= 11 is 6.37. The molecular formula is C14H24ClN3O. The number of halogens is 1. The summed E-state index contributed by atoms with van der Waals surface area (Å²) < 4.78 is 1.98. The van der Waals surface area contributed by atoms with Gasteiger partial charge in [-0.3, -0.25) is 9.58 Å². The molecule has 1 saturated carbocycles. The van der Waals surface area contributed by atoms with E-state index in [-0.39, 0.29) is 6.61 Å². The lowest BCUT2D eigenvalue weighted by Gasteiger charge is -2.28. The molecular weight excluding hydrogens is 262 g/mol. The van der Waals surface area contributed by atoms with Gasteiger partial charge in [0.15, 0.2) is 0 Å². The van der Waals surface area contributed by atoms with Crippen LogP contribution >= 0.6 is 11.6 Å². The SMILES string of the molecule is CCn1nc(C)c(Cl)c1CN(CCO)C1CCCC1. The Morgan fingerprint density at radius 1 is 1.42 bits per heavy atom. The van der Waals surface area contributed by atoms with Crippen LogP contribution in [0.25, 0.3) is 0 Å². The van der Waals surface area contributed by atoms with Gasteiger partial charge < -0.3 is 5.11 Å². The standard InChI is InChI=1S/C14H24ClN3O/c1-3-18-13(14(15)11(2)16-18)10-17(8-9-19)12-6-4-5-7-12/h12,19H,3-10H2,1-2H3. The van der Waals surface area contributed by atoms with Crippen LogP contribution in [0.5, 0.6) is 0 Å². The number of rotatable bonds is 6. The molecule has 1 aromatic rings. The molecule has 4 nitrogen and oxygen atoms in total. The minimum atomic E-state index is 0.202. The topological polar surface area (TPSA) is 41.3 Å². The Kier molecular flexibility index (Phi) is 5.25. The molecule has 0 radical (unpaired) electrons. The molecule has 0 bridgehead atoms. The Morgan fingerprint density at radius 2 is 2.11 bits per heavy atom. The van der Waals surface area contributed by atoms with Gasteiger partial charge in [-0.25, -0.2) is 0 Å². The van der Waals surface area contributed by atoms with Crippen molar-refractivity contribution < 1.29 is 5.11 Å². The van der Waals surface area contributed by atoms with Crippen molar-refractivity contribution in [2.24, 2.45) is 0 Å². The lowest BCUT2D eigenvalue weighted by Crippen LogP contribution is -2.35. The number of aryl methyl sites for hydroxylation is 2. The molecule has 1 aliphatic carbocycles. The van der Waals surface area contributed by atoms with Crippen LogP contribution in [-0.2, 0) is 13.1 Å². The Balaban J connectivity index is 2.16. The summed E-state index contributed by atoms with van der Waals surface area (Å²) in [5, 5.41) is 14.5. The van der Waals surface area contributed by atoms with Crippen LogP contribution in [0.2, 0.25) is 5.02 Å². The van der Waals surface area contributed by atoms with Crippen LogP contribution in [0, 0.1) is 6.92 Å². The Labute approximate surface area is 120 Å². The second-order valence-corrected chi connectivity index (χ2v) is 5.67. The van der Waals surface area contributed by atoms with Crippen molar-refractivity contribution in [2.45, 2.75) is 58.7 Å². The van der Waals surface area contributed by atoms with E-state index in [1.165, 1.54) is 25.7 Å². The Morgan fingerprint density at radius 3 is 2.68 bits per heavy atom. The van der Waals surface area contributed by atoms with Crippen molar-refractivity contribution in [2.75, 3.05) is 13.2 Å². The lowest BCUT2D eigenvalue weighted by atomic mass is 10.2. The molecule has 2 rings (SSSR count). The first kappa shape index (κ1) is 14.8. The molecule has 0 amide bonds. The zero-order valence-electron chi connectivity index (χ0n) is 11.9. The first-order chi connectivity index (χ1) is 9.17. The highest BCUT2D eigenvalue weighted by molar-refractivity contribution is 6.31. The van der Waals surface area contributed by atoms with Gasteiger partial charge in [0.2, 0.25) is 0 Å². The number of nitrogens with zero attached hydrogens (tertiary/aromatic N) is 3. The van der Waals surface area contributed by atoms with E-state index in [2.05, 4.69) is 16.9 Å². The second kappa shape index (κ2) is 6.73. The monoisotopic (exact) mass is 285 g/mol. The van der Waals surface area contributed by atoms with E-state index in [1.807, 2.05) is 11.6 Å². The fraction of sp³-hybridized carbons (Fsp3) is 0.786. The van der Waals surface area contributed by atoms with Crippen molar-refractivity contribution in [3.63, 3.8) is 0 Å².